The van der Waals surface area contributed by atoms with Crippen molar-refractivity contribution < 1.29 is 0 Å². The minimum atomic E-state index is 0.684. The average Bonchev–Trinajstić information content (AvgIpc) is 3.54. The monoisotopic (exact) mass is 510 g/mol. The first-order valence-electron chi connectivity index (χ1n) is 13.5. The molecule has 3 heterocycles. The van der Waals surface area contributed by atoms with Gasteiger partial charge in [0.1, 0.15) is 0 Å². The molecule has 0 spiro atoms. The highest BCUT2D eigenvalue weighted by Gasteiger charge is 2.20. The van der Waals surface area contributed by atoms with Crippen molar-refractivity contribution in [1.29, 1.82) is 0 Å². The lowest BCUT2D eigenvalue weighted by Crippen LogP contribution is -2.00. The summed E-state index contributed by atoms with van der Waals surface area (Å²) in [6.45, 7) is 0. The van der Waals surface area contributed by atoms with Crippen molar-refractivity contribution in [3.05, 3.63) is 134 Å². The van der Waals surface area contributed by atoms with E-state index in [0.29, 0.717) is 5.95 Å². The Kier molecular flexibility index (Phi) is 4.30. The summed E-state index contributed by atoms with van der Waals surface area (Å²) in [5.41, 5.74) is 6.74. The van der Waals surface area contributed by atoms with Crippen molar-refractivity contribution in [2.45, 2.75) is 0 Å². The van der Waals surface area contributed by atoms with Gasteiger partial charge in [-0.15, -0.1) is 0 Å². The van der Waals surface area contributed by atoms with Gasteiger partial charge in [-0.1, -0.05) is 91.0 Å². The Labute approximate surface area is 229 Å². The summed E-state index contributed by atoms with van der Waals surface area (Å²) in [4.78, 5) is 9.79. The molecule has 0 aliphatic heterocycles. The maximum absolute atomic E-state index is 4.98. The Morgan fingerprint density at radius 1 is 0.450 bits per heavy atom. The summed E-state index contributed by atoms with van der Waals surface area (Å²) >= 11 is 0. The molecule has 4 heteroatoms. The van der Waals surface area contributed by atoms with Crippen LogP contribution < -0.4 is 0 Å². The van der Waals surface area contributed by atoms with Crippen LogP contribution in [-0.4, -0.2) is 19.1 Å². The first-order chi connectivity index (χ1) is 19.9. The number of fused-ring (bicyclic) bond motifs is 10. The van der Waals surface area contributed by atoms with Crippen LogP contribution in [0.25, 0.3) is 76.9 Å². The first kappa shape index (κ1) is 21.5. The molecule has 0 radical (unpaired) electrons. The lowest BCUT2D eigenvalue weighted by atomic mass is 10.0. The maximum Gasteiger partial charge on any atom is 0.235 e. The molecule has 9 aromatic rings. The van der Waals surface area contributed by atoms with Crippen LogP contribution in [0.5, 0.6) is 0 Å². The molecule has 40 heavy (non-hydrogen) atoms. The Morgan fingerprint density at radius 3 is 1.98 bits per heavy atom. The third kappa shape index (κ3) is 2.85. The van der Waals surface area contributed by atoms with E-state index >= 15 is 0 Å². The third-order valence-corrected chi connectivity index (χ3v) is 8.16. The highest BCUT2D eigenvalue weighted by molar-refractivity contribution is 6.27. The molecule has 9 rings (SSSR count). The molecule has 3 aromatic heterocycles. The first-order valence-corrected chi connectivity index (χ1v) is 13.5. The fourth-order valence-corrected chi connectivity index (χ4v) is 6.46. The predicted molar refractivity (Wildman–Crippen MR) is 166 cm³/mol. The SMILES string of the molecule is c1ccc(-n2c3ccccc3c3ccc4c(ccc5c4c4ccccc4n5-c4ncc5ccccc5n4)c32)cc1. The smallest absolute Gasteiger partial charge is 0.235 e. The van der Waals surface area contributed by atoms with Crippen LogP contribution >= 0.6 is 0 Å². The fourth-order valence-electron chi connectivity index (χ4n) is 6.46. The molecule has 0 saturated carbocycles. The van der Waals surface area contributed by atoms with Gasteiger partial charge in [0.05, 0.1) is 27.6 Å². The predicted octanol–water partition coefficient (Wildman–Crippen LogP) is 8.98. The minimum absolute atomic E-state index is 0.684. The van der Waals surface area contributed by atoms with Gasteiger partial charge in [0.25, 0.3) is 0 Å². The second-order valence-corrected chi connectivity index (χ2v) is 10.3. The van der Waals surface area contributed by atoms with E-state index in [1.807, 2.05) is 24.4 Å². The van der Waals surface area contributed by atoms with Crippen molar-refractivity contribution in [3.8, 4) is 11.6 Å². The van der Waals surface area contributed by atoms with Gasteiger partial charge in [-0.2, -0.15) is 0 Å². The Bertz CT molecular complexity index is 2430. The average molecular weight is 511 g/mol. The number of benzene rings is 6. The van der Waals surface area contributed by atoms with Gasteiger partial charge in [0.2, 0.25) is 5.95 Å². The van der Waals surface area contributed by atoms with Crippen LogP contribution in [-0.2, 0) is 0 Å². The highest BCUT2D eigenvalue weighted by atomic mass is 15.2. The molecule has 0 bridgehead atoms. The van der Waals surface area contributed by atoms with E-state index in [2.05, 4.69) is 118 Å². The lowest BCUT2D eigenvalue weighted by Gasteiger charge is -2.11. The Morgan fingerprint density at radius 2 is 1.10 bits per heavy atom. The van der Waals surface area contributed by atoms with Gasteiger partial charge >= 0.3 is 0 Å². The van der Waals surface area contributed by atoms with Gasteiger partial charge in [0, 0.05) is 44.2 Å². The van der Waals surface area contributed by atoms with Crippen LogP contribution in [0, 0.1) is 0 Å². The van der Waals surface area contributed by atoms with E-state index < -0.39 is 0 Å². The largest absolute Gasteiger partial charge is 0.309 e. The van der Waals surface area contributed by atoms with Crippen LogP contribution in [0.4, 0.5) is 0 Å². The standard InChI is InChI=1S/C36H22N4/c1-2-11-24(12-3-1)39-31-16-8-5-13-25(31)27-19-18-26-28(35(27)39)20-21-33-34(26)29-14-6-9-17-32(29)40(33)36-37-22-23-10-4-7-15-30(23)38-36/h1-22H. The van der Waals surface area contributed by atoms with Crippen molar-refractivity contribution in [3.63, 3.8) is 0 Å². The van der Waals surface area contributed by atoms with E-state index in [-0.39, 0.29) is 0 Å². The molecule has 0 aliphatic rings. The molecule has 0 amide bonds. The molecule has 4 nitrogen and oxygen atoms in total. The van der Waals surface area contributed by atoms with Crippen LogP contribution in [0.1, 0.15) is 0 Å². The van der Waals surface area contributed by atoms with Crippen LogP contribution in [0.15, 0.2) is 134 Å². The summed E-state index contributed by atoms with van der Waals surface area (Å²) in [6.07, 6.45) is 1.92. The molecule has 0 atom stereocenters. The zero-order chi connectivity index (χ0) is 26.2. The number of hydrogen-bond donors (Lipinski definition) is 0. The topological polar surface area (TPSA) is 35.6 Å². The second kappa shape index (κ2) is 8.01. The molecule has 0 saturated heterocycles. The van der Waals surface area contributed by atoms with Crippen molar-refractivity contribution >= 4 is 65.3 Å². The summed E-state index contributed by atoms with van der Waals surface area (Å²) < 4.78 is 4.61. The zero-order valence-corrected chi connectivity index (χ0v) is 21.5. The van der Waals surface area contributed by atoms with E-state index in [4.69, 9.17) is 9.97 Å². The normalized spacial score (nSPS) is 12.0. The number of para-hydroxylation sites is 4. The Hall–Kier alpha value is -5.48. The highest BCUT2D eigenvalue weighted by Crippen LogP contribution is 2.41. The lowest BCUT2D eigenvalue weighted by molar-refractivity contribution is 1.01. The van der Waals surface area contributed by atoms with Crippen molar-refractivity contribution in [1.82, 2.24) is 19.1 Å². The van der Waals surface area contributed by atoms with Gasteiger partial charge in [-0.25, -0.2) is 9.97 Å². The van der Waals surface area contributed by atoms with Crippen LogP contribution in [0.2, 0.25) is 0 Å². The second-order valence-electron chi connectivity index (χ2n) is 10.3. The Balaban J connectivity index is 1.45. The molecule has 0 N–H and O–H groups in total. The van der Waals surface area contributed by atoms with E-state index in [1.54, 1.807) is 0 Å². The van der Waals surface area contributed by atoms with Gasteiger partial charge in [0.15, 0.2) is 0 Å². The summed E-state index contributed by atoms with van der Waals surface area (Å²) in [5, 5.41) is 8.42. The van der Waals surface area contributed by atoms with E-state index in [1.165, 1.54) is 43.4 Å². The number of nitrogens with zero attached hydrogens (tertiary/aromatic N) is 4. The summed E-state index contributed by atoms with van der Waals surface area (Å²) in [5.74, 6) is 0.684. The number of aromatic nitrogens is 4. The van der Waals surface area contributed by atoms with Gasteiger partial charge in [-0.05, 0) is 41.8 Å². The van der Waals surface area contributed by atoms with Crippen molar-refractivity contribution in [2.75, 3.05) is 0 Å². The fraction of sp³-hybridized carbons (Fsp3) is 0. The molecule has 6 aromatic carbocycles. The molecule has 186 valence electrons. The zero-order valence-electron chi connectivity index (χ0n) is 21.5. The quantitative estimate of drug-likeness (QED) is 0.233. The molecule has 0 aliphatic carbocycles. The van der Waals surface area contributed by atoms with E-state index in [9.17, 15) is 0 Å². The van der Waals surface area contributed by atoms with Gasteiger partial charge in [-0.3, -0.25) is 4.57 Å². The van der Waals surface area contributed by atoms with Crippen LogP contribution in [0.3, 0.4) is 0 Å². The van der Waals surface area contributed by atoms with Crippen molar-refractivity contribution in [2.24, 2.45) is 0 Å². The third-order valence-electron chi connectivity index (χ3n) is 8.16. The maximum atomic E-state index is 4.98. The number of rotatable bonds is 2. The molecule has 0 unspecified atom stereocenters. The van der Waals surface area contributed by atoms with Gasteiger partial charge < -0.3 is 4.57 Å². The minimum Gasteiger partial charge on any atom is -0.309 e. The molecular weight excluding hydrogens is 488 g/mol. The summed E-state index contributed by atoms with van der Waals surface area (Å²) in [6, 6.07) is 45.2. The molecular formula is C36H22N4. The number of hydrogen-bond acceptors (Lipinski definition) is 2. The summed E-state index contributed by atoms with van der Waals surface area (Å²) in [7, 11) is 0. The molecule has 0 fully saturated rings. The van der Waals surface area contributed by atoms with E-state index in [0.717, 1.165) is 27.6 Å².